The molecular weight excluding hydrogens is 332 g/mol. The fourth-order valence-electron chi connectivity index (χ4n) is 2.31. The van der Waals surface area contributed by atoms with Crippen LogP contribution in [-0.2, 0) is 4.79 Å². The van der Waals surface area contributed by atoms with E-state index in [1.165, 1.54) is 16.7 Å². The highest BCUT2D eigenvalue weighted by Gasteiger charge is 2.35. The zero-order valence-corrected chi connectivity index (χ0v) is 16.6. The van der Waals surface area contributed by atoms with Crippen LogP contribution in [-0.4, -0.2) is 33.8 Å². The molecule has 0 unspecified atom stereocenters. The van der Waals surface area contributed by atoms with E-state index in [-0.39, 0.29) is 11.4 Å². The summed E-state index contributed by atoms with van der Waals surface area (Å²) in [7, 11) is -1.01. The van der Waals surface area contributed by atoms with Crippen molar-refractivity contribution >= 4 is 16.0 Å². The van der Waals surface area contributed by atoms with Gasteiger partial charge in [0, 0.05) is 0 Å². The van der Waals surface area contributed by atoms with Crippen LogP contribution in [0.5, 0.6) is 0 Å². The second-order valence-corrected chi connectivity index (χ2v) is 11.1. The van der Waals surface area contributed by atoms with Gasteiger partial charge in [0.1, 0.15) is 0 Å². The average Bonchev–Trinajstić information content (AvgIpc) is 2.61. The zero-order valence-electron chi connectivity index (χ0n) is 15.8. The molecular formula is C21H30O3S. The average molecular weight is 363 g/mol. The first-order valence-corrected chi connectivity index (χ1v) is 10.4. The summed E-state index contributed by atoms with van der Waals surface area (Å²) >= 11 is 0. The van der Waals surface area contributed by atoms with Gasteiger partial charge in [0.2, 0.25) is 0 Å². The first kappa shape index (κ1) is 21.3. The highest BCUT2D eigenvalue weighted by atomic mass is 32.3. The van der Waals surface area contributed by atoms with Crippen molar-refractivity contribution < 1.29 is 15.0 Å². The highest BCUT2D eigenvalue weighted by Crippen LogP contribution is 2.67. The molecule has 0 aliphatic heterocycles. The van der Waals surface area contributed by atoms with Crippen LogP contribution in [0.3, 0.4) is 0 Å². The molecule has 1 atom stereocenters. The number of aliphatic hydroxyl groups is 1. The molecule has 2 N–H and O–H groups in total. The quantitative estimate of drug-likeness (QED) is 0.801. The Morgan fingerprint density at radius 3 is 1.52 bits per heavy atom. The van der Waals surface area contributed by atoms with Crippen molar-refractivity contribution in [3.8, 4) is 0 Å². The summed E-state index contributed by atoms with van der Waals surface area (Å²) < 4.78 is 0.246. The van der Waals surface area contributed by atoms with E-state index in [1.807, 2.05) is 0 Å². The summed E-state index contributed by atoms with van der Waals surface area (Å²) in [6.45, 7) is 8.21. The standard InChI is InChI=1S/C17H22S.C4H8O3/c1-17(2,3)18(4,15-11-7-5-8-12-15)16-13-9-6-10-14-16;1-3(2-5)4(6)7/h5-14H,1-4H3;3,5H,2H2,1H3,(H,6,7)/t;3-/m.0/s1. The summed E-state index contributed by atoms with van der Waals surface area (Å²) in [5, 5.41) is 16.1. The number of aliphatic carboxylic acids is 1. The van der Waals surface area contributed by atoms with E-state index < -0.39 is 21.9 Å². The van der Waals surface area contributed by atoms with Crippen molar-refractivity contribution in [1.29, 1.82) is 0 Å². The molecule has 2 aromatic carbocycles. The Morgan fingerprint density at radius 1 is 0.960 bits per heavy atom. The third kappa shape index (κ3) is 5.35. The lowest BCUT2D eigenvalue weighted by atomic mass is 10.2. The largest absolute Gasteiger partial charge is 0.481 e. The smallest absolute Gasteiger partial charge is 0.308 e. The van der Waals surface area contributed by atoms with Gasteiger partial charge in [-0.25, -0.2) is 0 Å². The van der Waals surface area contributed by atoms with Crippen LogP contribution in [0.4, 0.5) is 0 Å². The van der Waals surface area contributed by atoms with Gasteiger partial charge >= 0.3 is 5.97 Å². The van der Waals surface area contributed by atoms with Crippen LogP contribution in [0.1, 0.15) is 27.7 Å². The maximum atomic E-state index is 9.77. The molecule has 0 spiro atoms. The molecule has 0 aliphatic carbocycles. The van der Waals surface area contributed by atoms with E-state index in [4.69, 9.17) is 10.2 Å². The molecule has 0 fully saturated rings. The van der Waals surface area contributed by atoms with Gasteiger partial charge in [0.25, 0.3) is 0 Å². The van der Waals surface area contributed by atoms with Crippen molar-refractivity contribution in [2.24, 2.45) is 5.92 Å². The Bertz CT molecular complexity index is 608. The summed E-state index contributed by atoms with van der Waals surface area (Å²) in [4.78, 5) is 12.7. The Morgan fingerprint density at radius 2 is 1.32 bits per heavy atom. The number of carboxylic acids is 1. The third-order valence-electron chi connectivity index (χ3n) is 4.35. The molecule has 138 valence electrons. The number of aliphatic hydroxyl groups excluding tert-OH is 1. The minimum atomic E-state index is -1.01. The van der Waals surface area contributed by atoms with E-state index in [9.17, 15) is 4.79 Å². The van der Waals surface area contributed by atoms with E-state index in [2.05, 4.69) is 87.7 Å². The Hall–Kier alpha value is -1.78. The van der Waals surface area contributed by atoms with Gasteiger partial charge in [-0.1, -0.05) is 57.2 Å². The molecule has 0 saturated heterocycles. The molecule has 0 heterocycles. The van der Waals surface area contributed by atoms with E-state index in [0.717, 1.165) is 0 Å². The minimum absolute atomic E-state index is 0.246. The molecule has 2 rings (SSSR count). The zero-order chi connectivity index (χ0) is 19.1. The lowest BCUT2D eigenvalue weighted by Crippen LogP contribution is -2.24. The van der Waals surface area contributed by atoms with Gasteiger partial charge in [-0.05, 0) is 52.0 Å². The number of rotatable bonds is 4. The number of carbonyl (C=O) groups is 1. The molecule has 3 nitrogen and oxygen atoms in total. The molecule has 0 aromatic heterocycles. The van der Waals surface area contributed by atoms with Crippen molar-refractivity contribution in [2.45, 2.75) is 42.2 Å². The third-order valence-corrected chi connectivity index (χ3v) is 9.23. The monoisotopic (exact) mass is 362 g/mol. The van der Waals surface area contributed by atoms with Gasteiger partial charge < -0.3 is 10.2 Å². The van der Waals surface area contributed by atoms with Crippen molar-refractivity contribution in [1.82, 2.24) is 0 Å². The van der Waals surface area contributed by atoms with Crippen LogP contribution in [0, 0.1) is 5.92 Å². The first-order chi connectivity index (χ1) is 11.6. The minimum Gasteiger partial charge on any atom is -0.481 e. The lowest BCUT2D eigenvalue weighted by Gasteiger charge is -2.48. The van der Waals surface area contributed by atoms with Crippen LogP contribution < -0.4 is 0 Å². The summed E-state index contributed by atoms with van der Waals surface area (Å²) in [6.07, 6.45) is 2.43. The molecule has 25 heavy (non-hydrogen) atoms. The Balaban J connectivity index is 0.000000381. The molecule has 0 radical (unpaired) electrons. The first-order valence-electron chi connectivity index (χ1n) is 8.36. The van der Waals surface area contributed by atoms with Crippen LogP contribution in [0.15, 0.2) is 70.5 Å². The maximum absolute atomic E-state index is 9.77. The predicted molar refractivity (Wildman–Crippen MR) is 107 cm³/mol. The second kappa shape index (κ2) is 9.07. The van der Waals surface area contributed by atoms with E-state index in [1.54, 1.807) is 0 Å². The summed E-state index contributed by atoms with van der Waals surface area (Å²) in [5.41, 5.74) is 0. The fourth-order valence-corrected chi connectivity index (χ4v) is 5.40. The van der Waals surface area contributed by atoms with Crippen LogP contribution in [0.25, 0.3) is 0 Å². The molecule has 0 saturated carbocycles. The number of hydrogen-bond acceptors (Lipinski definition) is 2. The van der Waals surface area contributed by atoms with Crippen LogP contribution in [0.2, 0.25) is 0 Å². The maximum Gasteiger partial charge on any atom is 0.308 e. The molecule has 0 amide bonds. The van der Waals surface area contributed by atoms with Crippen molar-refractivity contribution in [3.05, 3.63) is 60.7 Å². The van der Waals surface area contributed by atoms with E-state index in [0.29, 0.717) is 0 Å². The molecule has 2 aromatic rings. The Kier molecular flexibility index (Phi) is 7.71. The highest BCUT2D eigenvalue weighted by molar-refractivity contribution is 8.34. The summed E-state index contributed by atoms with van der Waals surface area (Å²) in [6, 6.07) is 21.9. The number of benzene rings is 2. The topological polar surface area (TPSA) is 57.5 Å². The second-order valence-electron chi connectivity index (χ2n) is 7.08. The predicted octanol–water partition coefficient (Wildman–Crippen LogP) is 5.04. The molecule has 0 aliphatic rings. The van der Waals surface area contributed by atoms with Gasteiger partial charge in [0.15, 0.2) is 0 Å². The lowest BCUT2D eigenvalue weighted by molar-refractivity contribution is -0.142. The van der Waals surface area contributed by atoms with Crippen molar-refractivity contribution in [3.63, 3.8) is 0 Å². The summed E-state index contributed by atoms with van der Waals surface area (Å²) in [5.74, 6) is -1.58. The van der Waals surface area contributed by atoms with Gasteiger partial charge in [-0.3, -0.25) is 4.79 Å². The van der Waals surface area contributed by atoms with Gasteiger partial charge in [0.05, 0.1) is 12.5 Å². The molecule has 4 heteroatoms. The van der Waals surface area contributed by atoms with Gasteiger partial charge in [-0.2, -0.15) is 10.0 Å². The Labute approximate surface area is 153 Å². The van der Waals surface area contributed by atoms with Crippen molar-refractivity contribution in [2.75, 3.05) is 12.9 Å². The van der Waals surface area contributed by atoms with Crippen LogP contribution >= 0.6 is 10.0 Å². The SMILES string of the molecule is CC(C)(C)S(C)(c1ccccc1)c1ccccc1.C[C@@H](CO)C(=O)O. The van der Waals surface area contributed by atoms with E-state index >= 15 is 0 Å². The molecule has 0 bridgehead atoms. The van der Waals surface area contributed by atoms with Gasteiger partial charge in [-0.15, -0.1) is 0 Å². The fraction of sp³-hybridized carbons (Fsp3) is 0.381. The number of carboxylic acid groups (broad SMARTS) is 1. The number of hydrogen-bond donors (Lipinski definition) is 2. The normalized spacial score (nSPS) is 13.4.